The van der Waals surface area contributed by atoms with Crippen LogP contribution in [0, 0.1) is 12.7 Å². The van der Waals surface area contributed by atoms with Crippen molar-refractivity contribution in [3.63, 3.8) is 0 Å². The fraction of sp³-hybridized carbons (Fsp3) is 0.250. The number of aromatic nitrogens is 2. The number of piperazine rings is 1. The molecule has 0 amide bonds. The van der Waals surface area contributed by atoms with Crippen molar-refractivity contribution in [1.82, 2.24) is 14.9 Å². The van der Waals surface area contributed by atoms with Crippen molar-refractivity contribution in [2.45, 2.75) is 6.92 Å². The smallest absolute Gasteiger partial charge is 0.131 e. The van der Waals surface area contributed by atoms with Gasteiger partial charge in [-0.2, -0.15) is 0 Å². The number of H-pyrrole nitrogens is 2. The maximum Gasteiger partial charge on any atom is 0.131 e. The van der Waals surface area contributed by atoms with E-state index in [9.17, 15) is 4.39 Å². The lowest BCUT2D eigenvalue weighted by atomic mass is 9.97. The quantitative estimate of drug-likeness (QED) is 0.517. The van der Waals surface area contributed by atoms with Crippen LogP contribution in [0.15, 0.2) is 55.0 Å². The molecule has 148 valence electrons. The van der Waals surface area contributed by atoms with Crippen molar-refractivity contribution in [1.29, 1.82) is 0 Å². The van der Waals surface area contributed by atoms with Crippen LogP contribution < -0.4 is 4.90 Å². The van der Waals surface area contributed by atoms with Gasteiger partial charge >= 0.3 is 0 Å². The number of benzene rings is 2. The minimum atomic E-state index is -0.195. The number of anilines is 1. The second-order valence-corrected chi connectivity index (χ2v) is 7.94. The Bertz CT molecular complexity index is 1160. The number of rotatable bonds is 3. The van der Waals surface area contributed by atoms with Crippen molar-refractivity contribution in [2.24, 2.45) is 0 Å². The van der Waals surface area contributed by atoms with Gasteiger partial charge in [-0.3, -0.25) is 0 Å². The van der Waals surface area contributed by atoms with Crippen LogP contribution in [0.4, 0.5) is 10.1 Å². The van der Waals surface area contributed by atoms with Gasteiger partial charge < -0.3 is 19.8 Å². The van der Waals surface area contributed by atoms with Gasteiger partial charge in [0.15, 0.2) is 0 Å². The lowest BCUT2D eigenvalue weighted by Gasteiger charge is -2.34. The molecule has 0 atom stereocenters. The predicted octanol–water partition coefficient (Wildman–Crippen LogP) is 5.03. The summed E-state index contributed by atoms with van der Waals surface area (Å²) in [6.07, 6.45) is 5.88. The monoisotopic (exact) mass is 388 g/mol. The standard InChI is InChI=1S/C24H25FN4/c1-16-4-3-5-18-22(15-27-24(16)18)21-14-26-13-20(21)19-12-17(6-7-23(19)25)29-10-8-28(2)9-11-29/h3-7,12-15,26-27H,8-11H2,1-2H3. The van der Waals surface area contributed by atoms with Gasteiger partial charge in [-0.15, -0.1) is 0 Å². The molecule has 0 aliphatic carbocycles. The van der Waals surface area contributed by atoms with E-state index >= 15 is 0 Å². The van der Waals surface area contributed by atoms with Gasteiger partial charge in [-0.25, -0.2) is 4.39 Å². The van der Waals surface area contributed by atoms with E-state index in [0.717, 1.165) is 59.5 Å². The zero-order chi connectivity index (χ0) is 20.0. The number of fused-ring (bicyclic) bond motifs is 1. The highest BCUT2D eigenvalue weighted by molar-refractivity contribution is 6.00. The van der Waals surface area contributed by atoms with E-state index in [1.54, 1.807) is 6.07 Å². The van der Waals surface area contributed by atoms with E-state index in [1.807, 2.05) is 30.7 Å². The number of nitrogens with one attached hydrogen (secondary N) is 2. The minimum Gasteiger partial charge on any atom is -0.369 e. The Morgan fingerprint density at radius 3 is 2.41 bits per heavy atom. The molecule has 2 aromatic heterocycles. The van der Waals surface area contributed by atoms with Gasteiger partial charge in [0, 0.05) is 83.6 Å². The van der Waals surface area contributed by atoms with Crippen LogP contribution in [0.5, 0.6) is 0 Å². The largest absolute Gasteiger partial charge is 0.369 e. The zero-order valence-electron chi connectivity index (χ0n) is 16.8. The maximum atomic E-state index is 14.9. The molecular weight excluding hydrogens is 363 g/mol. The number of hydrogen-bond donors (Lipinski definition) is 2. The van der Waals surface area contributed by atoms with E-state index in [4.69, 9.17) is 0 Å². The average Bonchev–Trinajstić information content (AvgIpc) is 3.36. The maximum absolute atomic E-state index is 14.9. The number of hydrogen-bond acceptors (Lipinski definition) is 2. The van der Waals surface area contributed by atoms with Crippen LogP contribution in [0.2, 0.25) is 0 Å². The van der Waals surface area contributed by atoms with Crippen molar-refractivity contribution >= 4 is 16.6 Å². The molecule has 29 heavy (non-hydrogen) atoms. The molecule has 0 bridgehead atoms. The molecule has 0 unspecified atom stereocenters. The van der Waals surface area contributed by atoms with Gasteiger partial charge in [0.05, 0.1) is 0 Å². The molecule has 2 N–H and O–H groups in total. The van der Waals surface area contributed by atoms with Gasteiger partial charge in [0.25, 0.3) is 0 Å². The zero-order valence-corrected chi connectivity index (χ0v) is 16.8. The Kier molecular flexibility index (Phi) is 4.40. The normalized spacial score (nSPS) is 15.3. The van der Waals surface area contributed by atoms with Crippen molar-refractivity contribution < 1.29 is 4.39 Å². The van der Waals surface area contributed by atoms with E-state index < -0.39 is 0 Å². The molecule has 1 fully saturated rings. The summed E-state index contributed by atoms with van der Waals surface area (Å²) in [5.41, 5.74) is 7.04. The fourth-order valence-electron chi connectivity index (χ4n) is 4.32. The lowest BCUT2D eigenvalue weighted by molar-refractivity contribution is 0.313. The SMILES string of the molecule is Cc1cccc2c(-c3c[nH]cc3-c3cc(N4CCN(C)CC4)ccc3F)c[nH]c12. The summed E-state index contributed by atoms with van der Waals surface area (Å²) < 4.78 is 14.9. The van der Waals surface area contributed by atoms with E-state index in [1.165, 1.54) is 5.56 Å². The van der Waals surface area contributed by atoms with E-state index in [-0.39, 0.29) is 5.82 Å². The molecule has 2 aromatic carbocycles. The molecule has 1 aliphatic heterocycles. The lowest BCUT2D eigenvalue weighted by Crippen LogP contribution is -2.44. The number of nitrogens with zero attached hydrogens (tertiary/aromatic N) is 2. The molecule has 0 spiro atoms. The van der Waals surface area contributed by atoms with Crippen LogP contribution in [0.1, 0.15) is 5.56 Å². The number of halogens is 1. The number of aryl methyl sites for hydroxylation is 1. The number of likely N-dealkylation sites (N-methyl/N-ethyl adjacent to an activating group) is 1. The molecule has 4 aromatic rings. The van der Waals surface area contributed by atoms with E-state index in [0.29, 0.717) is 5.56 Å². The van der Waals surface area contributed by atoms with Crippen LogP contribution in [-0.4, -0.2) is 48.1 Å². The van der Waals surface area contributed by atoms with Crippen molar-refractivity contribution in [3.8, 4) is 22.3 Å². The molecule has 3 heterocycles. The molecule has 5 heteroatoms. The summed E-state index contributed by atoms with van der Waals surface area (Å²) in [5.74, 6) is -0.195. The van der Waals surface area contributed by atoms with Crippen molar-refractivity contribution in [2.75, 3.05) is 38.1 Å². The summed E-state index contributed by atoms with van der Waals surface area (Å²) in [7, 11) is 2.14. The fourth-order valence-corrected chi connectivity index (χ4v) is 4.32. The highest BCUT2D eigenvalue weighted by Gasteiger charge is 2.19. The molecule has 4 nitrogen and oxygen atoms in total. The molecule has 5 rings (SSSR count). The van der Waals surface area contributed by atoms with Crippen LogP contribution in [0.3, 0.4) is 0 Å². The van der Waals surface area contributed by atoms with Gasteiger partial charge in [0.2, 0.25) is 0 Å². The summed E-state index contributed by atoms with van der Waals surface area (Å²) in [6.45, 7) is 6.07. The van der Waals surface area contributed by atoms with Crippen molar-refractivity contribution in [3.05, 3.63) is 66.4 Å². The Morgan fingerprint density at radius 2 is 1.62 bits per heavy atom. The van der Waals surface area contributed by atoms with Crippen LogP contribution >= 0.6 is 0 Å². The Hall–Kier alpha value is -3.05. The van der Waals surface area contributed by atoms with Gasteiger partial charge in [-0.1, -0.05) is 18.2 Å². The highest BCUT2D eigenvalue weighted by Crippen LogP contribution is 2.39. The molecule has 0 radical (unpaired) electrons. The second-order valence-electron chi connectivity index (χ2n) is 7.94. The second kappa shape index (κ2) is 7.08. The summed E-state index contributed by atoms with van der Waals surface area (Å²) in [5, 5.41) is 1.15. The topological polar surface area (TPSA) is 38.1 Å². The Labute approximate surface area is 170 Å². The number of para-hydroxylation sites is 1. The third-order valence-corrected chi connectivity index (χ3v) is 6.07. The van der Waals surface area contributed by atoms with E-state index in [2.05, 4.69) is 51.9 Å². The molecular formula is C24H25FN4. The summed E-state index contributed by atoms with van der Waals surface area (Å²) >= 11 is 0. The minimum absolute atomic E-state index is 0.195. The Morgan fingerprint density at radius 1 is 0.862 bits per heavy atom. The predicted molar refractivity (Wildman–Crippen MR) is 118 cm³/mol. The first kappa shape index (κ1) is 18.0. The molecule has 1 saturated heterocycles. The summed E-state index contributed by atoms with van der Waals surface area (Å²) in [4.78, 5) is 11.2. The summed E-state index contributed by atoms with van der Waals surface area (Å²) in [6, 6.07) is 11.8. The first-order valence-corrected chi connectivity index (χ1v) is 10.1. The van der Waals surface area contributed by atoms with Gasteiger partial charge in [-0.05, 0) is 37.7 Å². The first-order valence-electron chi connectivity index (χ1n) is 10.1. The average molecular weight is 388 g/mol. The first-order chi connectivity index (χ1) is 14.1. The Balaban J connectivity index is 1.58. The van der Waals surface area contributed by atoms with Crippen LogP contribution in [-0.2, 0) is 0 Å². The molecule has 0 saturated carbocycles. The third-order valence-electron chi connectivity index (χ3n) is 6.07. The van der Waals surface area contributed by atoms with Crippen LogP contribution in [0.25, 0.3) is 33.2 Å². The molecule has 1 aliphatic rings. The van der Waals surface area contributed by atoms with Gasteiger partial charge in [0.1, 0.15) is 5.82 Å². The highest BCUT2D eigenvalue weighted by atomic mass is 19.1. The third kappa shape index (κ3) is 3.12. The number of aromatic amines is 2.